The van der Waals surface area contributed by atoms with Crippen molar-refractivity contribution < 1.29 is 29.0 Å². The number of ether oxygens (including phenoxy) is 2. The minimum Gasteiger partial charge on any atom is -0.479 e. The van der Waals surface area contributed by atoms with Crippen molar-refractivity contribution in [3.05, 3.63) is 59.7 Å². The number of nitrogens with one attached hydrogen (secondary N) is 2. The summed E-state index contributed by atoms with van der Waals surface area (Å²) in [5.74, 6) is -1.32. The molecule has 2 aliphatic rings. The molecular weight excluding hydrogens is 424 g/mol. The number of fused-ring (bicyclic) bond motifs is 3. The Balaban J connectivity index is 1.37. The Morgan fingerprint density at radius 2 is 1.64 bits per heavy atom. The van der Waals surface area contributed by atoms with Crippen LogP contribution in [0.2, 0.25) is 0 Å². The van der Waals surface area contributed by atoms with E-state index in [2.05, 4.69) is 22.8 Å². The maximum absolute atomic E-state index is 12.6. The quantitative estimate of drug-likeness (QED) is 0.511. The first kappa shape index (κ1) is 22.8. The van der Waals surface area contributed by atoms with Crippen LogP contribution in [0.4, 0.5) is 4.79 Å². The zero-order valence-corrected chi connectivity index (χ0v) is 18.5. The number of benzene rings is 2. The molecule has 0 aliphatic heterocycles. The van der Waals surface area contributed by atoms with Crippen molar-refractivity contribution in [2.45, 2.75) is 37.3 Å². The van der Waals surface area contributed by atoms with Crippen LogP contribution in [-0.2, 0) is 19.1 Å². The molecule has 0 spiro atoms. The summed E-state index contributed by atoms with van der Waals surface area (Å²) in [7, 11) is 1.27. The Hall–Kier alpha value is -3.39. The normalized spacial score (nSPS) is 16.3. The van der Waals surface area contributed by atoms with Gasteiger partial charge in [0, 0.05) is 13.0 Å². The molecule has 0 aromatic heterocycles. The summed E-state index contributed by atoms with van der Waals surface area (Å²) in [4.78, 5) is 36.4. The van der Waals surface area contributed by atoms with Crippen molar-refractivity contribution in [2.75, 3.05) is 20.3 Å². The summed E-state index contributed by atoms with van der Waals surface area (Å²) in [5.41, 5.74) is 4.49. The van der Waals surface area contributed by atoms with Crippen molar-refractivity contribution in [1.29, 1.82) is 0 Å². The van der Waals surface area contributed by atoms with Crippen LogP contribution < -0.4 is 10.6 Å². The van der Waals surface area contributed by atoms with E-state index in [-0.39, 0.29) is 19.1 Å². The van der Waals surface area contributed by atoms with Gasteiger partial charge in [0.2, 0.25) is 5.91 Å². The standard InChI is InChI=1S/C25H28N2O6/c1-32-22(24(29)30)13-26-23(28)21(12-15-10-11-15)27-25(31)33-14-20-18-8-4-2-6-16(18)17-7-3-5-9-19(17)20/h2-9,15,20-22H,10-14H2,1H3,(H,26,28)(H,27,31)(H,29,30). The molecule has 2 aromatic rings. The second-order valence-electron chi connectivity index (χ2n) is 8.51. The molecule has 3 N–H and O–H groups in total. The summed E-state index contributed by atoms with van der Waals surface area (Å²) in [5, 5.41) is 14.3. The Bertz CT molecular complexity index is 990. The molecule has 2 unspecified atom stereocenters. The van der Waals surface area contributed by atoms with Gasteiger partial charge >= 0.3 is 12.1 Å². The SMILES string of the molecule is COC(CNC(=O)C(CC1CC1)NC(=O)OCC1c2ccccc2-c2ccccc21)C(=O)O. The van der Waals surface area contributed by atoms with E-state index >= 15 is 0 Å². The van der Waals surface area contributed by atoms with Crippen molar-refractivity contribution >= 4 is 18.0 Å². The third-order valence-corrected chi connectivity index (χ3v) is 6.24. The molecule has 174 valence electrons. The lowest BCUT2D eigenvalue weighted by Crippen LogP contribution is -2.49. The average molecular weight is 453 g/mol. The first-order valence-corrected chi connectivity index (χ1v) is 11.1. The topological polar surface area (TPSA) is 114 Å². The number of aliphatic carboxylic acids is 1. The largest absolute Gasteiger partial charge is 0.479 e. The molecule has 0 radical (unpaired) electrons. The monoisotopic (exact) mass is 452 g/mol. The van der Waals surface area contributed by atoms with Crippen LogP contribution in [0.5, 0.6) is 0 Å². The Morgan fingerprint density at radius 1 is 1.03 bits per heavy atom. The predicted molar refractivity (Wildman–Crippen MR) is 121 cm³/mol. The molecule has 2 amide bonds. The van der Waals surface area contributed by atoms with E-state index in [0.717, 1.165) is 35.1 Å². The van der Waals surface area contributed by atoms with Gasteiger partial charge in [-0.1, -0.05) is 61.4 Å². The highest BCUT2D eigenvalue weighted by Gasteiger charge is 2.33. The molecule has 2 atom stereocenters. The summed E-state index contributed by atoms with van der Waals surface area (Å²) in [6, 6.07) is 15.3. The van der Waals surface area contributed by atoms with Gasteiger partial charge in [-0.2, -0.15) is 0 Å². The number of carbonyl (C=O) groups excluding carboxylic acids is 2. The fourth-order valence-corrected chi connectivity index (χ4v) is 4.29. The lowest BCUT2D eigenvalue weighted by atomic mass is 9.98. The van der Waals surface area contributed by atoms with Gasteiger partial charge in [0.15, 0.2) is 6.10 Å². The molecule has 33 heavy (non-hydrogen) atoms. The molecule has 1 saturated carbocycles. The number of carbonyl (C=O) groups is 3. The predicted octanol–water partition coefficient (Wildman–Crippen LogP) is 2.91. The van der Waals surface area contributed by atoms with Crippen LogP contribution in [-0.4, -0.2) is 55.5 Å². The fraction of sp³-hybridized carbons (Fsp3) is 0.400. The first-order chi connectivity index (χ1) is 16.0. The highest BCUT2D eigenvalue weighted by Crippen LogP contribution is 2.44. The highest BCUT2D eigenvalue weighted by molar-refractivity contribution is 5.86. The summed E-state index contributed by atoms with van der Waals surface area (Å²) in [6.07, 6.45) is 0.683. The molecule has 4 rings (SSSR count). The number of hydrogen-bond donors (Lipinski definition) is 3. The van der Waals surface area contributed by atoms with Crippen LogP contribution in [0.1, 0.15) is 36.3 Å². The number of rotatable bonds is 10. The summed E-state index contributed by atoms with van der Waals surface area (Å²) in [6.45, 7) is -0.0272. The fourth-order valence-electron chi connectivity index (χ4n) is 4.29. The minimum absolute atomic E-state index is 0.0723. The smallest absolute Gasteiger partial charge is 0.407 e. The zero-order chi connectivity index (χ0) is 23.4. The zero-order valence-electron chi connectivity index (χ0n) is 18.5. The maximum atomic E-state index is 12.6. The Morgan fingerprint density at radius 3 is 2.18 bits per heavy atom. The van der Waals surface area contributed by atoms with Gasteiger partial charge in [-0.25, -0.2) is 9.59 Å². The molecule has 8 heteroatoms. The number of methoxy groups -OCH3 is 1. The Kier molecular flexibility index (Phi) is 6.93. The number of amides is 2. The van der Waals surface area contributed by atoms with Crippen molar-refractivity contribution in [2.24, 2.45) is 5.92 Å². The minimum atomic E-state index is -1.17. The third-order valence-electron chi connectivity index (χ3n) is 6.24. The molecule has 0 saturated heterocycles. The van der Waals surface area contributed by atoms with Crippen molar-refractivity contribution in [1.82, 2.24) is 10.6 Å². The van der Waals surface area contributed by atoms with E-state index in [1.165, 1.54) is 7.11 Å². The number of hydrogen-bond acceptors (Lipinski definition) is 5. The van der Waals surface area contributed by atoms with Crippen LogP contribution in [0.15, 0.2) is 48.5 Å². The van der Waals surface area contributed by atoms with E-state index in [4.69, 9.17) is 14.6 Å². The molecule has 1 fully saturated rings. The first-order valence-electron chi connectivity index (χ1n) is 11.1. The van der Waals surface area contributed by atoms with Gasteiger partial charge in [-0.15, -0.1) is 0 Å². The summed E-state index contributed by atoms with van der Waals surface area (Å²) < 4.78 is 10.4. The average Bonchev–Trinajstić information content (AvgIpc) is 3.58. The van der Waals surface area contributed by atoms with Gasteiger partial charge in [0.1, 0.15) is 12.6 Å². The lowest BCUT2D eigenvalue weighted by Gasteiger charge is -2.20. The summed E-state index contributed by atoms with van der Waals surface area (Å²) >= 11 is 0. The van der Waals surface area contributed by atoms with Crippen LogP contribution in [0, 0.1) is 5.92 Å². The number of alkyl carbamates (subject to hydrolysis) is 1. The van der Waals surface area contributed by atoms with E-state index in [1.54, 1.807) is 0 Å². The Labute approximate surface area is 192 Å². The maximum Gasteiger partial charge on any atom is 0.407 e. The van der Waals surface area contributed by atoms with Crippen LogP contribution >= 0.6 is 0 Å². The van der Waals surface area contributed by atoms with E-state index in [0.29, 0.717) is 12.3 Å². The van der Waals surface area contributed by atoms with Crippen molar-refractivity contribution in [3.63, 3.8) is 0 Å². The van der Waals surface area contributed by atoms with Gasteiger partial charge < -0.3 is 25.2 Å². The van der Waals surface area contributed by atoms with Gasteiger partial charge in [0.05, 0.1) is 6.54 Å². The van der Waals surface area contributed by atoms with E-state index in [1.807, 2.05) is 36.4 Å². The van der Waals surface area contributed by atoms with Gasteiger partial charge in [-0.05, 0) is 34.6 Å². The van der Waals surface area contributed by atoms with Crippen LogP contribution in [0.25, 0.3) is 11.1 Å². The molecule has 8 nitrogen and oxygen atoms in total. The van der Waals surface area contributed by atoms with Gasteiger partial charge in [0.25, 0.3) is 0 Å². The van der Waals surface area contributed by atoms with Crippen molar-refractivity contribution in [3.8, 4) is 11.1 Å². The highest BCUT2D eigenvalue weighted by atomic mass is 16.5. The van der Waals surface area contributed by atoms with E-state index in [9.17, 15) is 14.4 Å². The van der Waals surface area contributed by atoms with Gasteiger partial charge in [-0.3, -0.25) is 4.79 Å². The molecule has 0 heterocycles. The lowest BCUT2D eigenvalue weighted by molar-refractivity contribution is -0.148. The molecule has 2 aromatic carbocycles. The molecule has 0 bridgehead atoms. The van der Waals surface area contributed by atoms with Crippen LogP contribution in [0.3, 0.4) is 0 Å². The number of carboxylic acid groups (broad SMARTS) is 1. The second-order valence-corrected chi connectivity index (χ2v) is 8.51. The van der Waals surface area contributed by atoms with E-state index < -0.39 is 30.1 Å². The number of carboxylic acids is 1. The third kappa shape index (κ3) is 5.34. The second kappa shape index (κ2) is 10.0. The molecular formula is C25H28N2O6. The molecule has 2 aliphatic carbocycles.